The molecule has 32 heavy (non-hydrogen) atoms. The lowest BCUT2D eigenvalue weighted by Gasteiger charge is -2.30. The lowest BCUT2D eigenvalue weighted by atomic mass is 9.99. The van der Waals surface area contributed by atoms with E-state index in [0.29, 0.717) is 29.4 Å². The van der Waals surface area contributed by atoms with Crippen molar-refractivity contribution in [1.29, 1.82) is 0 Å². The Bertz CT molecular complexity index is 1020. The molecule has 0 radical (unpaired) electrons. The third-order valence-corrected chi connectivity index (χ3v) is 6.84. The molecular formula is C23H31N7O2. The predicted molar refractivity (Wildman–Crippen MR) is 123 cm³/mol. The van der Waals surface area contributed by atoms with Crippen molar-refractivity contribution in [2.24, 2.45) is 5.73 Å². The second-order valence-corrected chi connectivity index (χ2v) is 9.20. The van der Waals surface area contributed by atoms with E-state index in [2.05, 4.69) is 50.0 Å². The van der Waals surface area contributed by atoms with Crippen LogP contribution in [-0.4, -0.2) is 59.6 Å². The van der Waals surface area contributed by atoms with Gasteiger partial charge in [-0.1, -0.05) is 0 Å². The van der Waals surface area contributed by atoms with Gasteiger partial charge in [-0.05, 0) is 62.4 Å². The molecule has 5 rings (SSSR count). The fourth-order valence-corrected chi connectivity index (χ4v) is 5.22. The van der Waals surface area contributed by atoms with Crippen LogP contribution >= 0.6 is 0 Å². The van der Waals surface area contributed by atoms with Gasteiger partial charge in [0.15, 0.2) is 0 Å². The Morgan fingerprint density at radius 3 is 2.75 bits per heavy atom. The Morgan fingerprint density at radius 2 is 2.03 bits per heavy atom. The minimum Gasteiger partial charge on any atom is -0.495 e. The van der Waals surface area contributed by atoms with Gasteiger partial charge in [0.05, 0.1) is 18.4 Å². The number of carbonyl (C=O) groups is 1. The molecule has 2 atom stereocenters. The topological polar surface area (TPSA) is 117 Å². The normalized spacial score (nSPS) is 24.6. The Kier molecular flexibility index (Phi) is 5.60. The molecule has 2 bridgehead atoms. The molecule has 3 aliphatic rings. The van der Waals surface area contributed by atoms with Crippen LogP contribution in [-0.2, 0) is 13.0 Å². The van der Waals surface area contributed by atoms with Gasteiger partial charge >= 0.3 is 0 Å². The molecule has 2 aromatic rings. The number of fused-ring (bicyclic) bond motifs is 3. The van der Waals surface area contributed by atoms with E-state index in [4.69, 9.17) is 10.5 Å². The molecule has 3 aliphatic heterocycles. The highest BCUT2D eigenvalue weighted by molar-refractivity contribution is 5.97. The summed E-state index contributed by atoms with van der Waals surface area (Å²) in [5, 5.41) is 10.4. The van der Waals surface area contributed by atoms with Crippen molar-refractivity contribution < 1.29 is 9.53 Å². The van der Waals surface area contributed by atoms with Gasteiger partial charge in [-0.25, -0.2) is 4.98 Å². The van der Waals surface area contributed by atoms with Crippen LogP contribution in [0.4, 0.5) is 17.5 Å². The van der Waals surface area contributed by atoms with Crippen LogP contribution in [0.2, 0.25) is 0 Å². The average Bonchev–Trinajstić information content (AvgIpc) is 3.11. The van der Waals surface area contributed by atoms with Crippen molar-refractivity contribution in [2.45, 2.75) is 56.8 Å². The number of amides is 1. The van der Waals surface area contributed by atoms with Crippen molar-refractivity contribution >= 4 is 23.4 Å². The van der Waals surface area contributed by atoms with Crippen LogP contribution in [0.1, 0.15) is 47.2 Å². The molecule has 0 saturated carbocycles. The highest BCUT2D eigenvalue weighted by Gasteiger charge is 2.34. The molecule has 2 unspecified atom stereocenters. The van der Waals surface area contributed by atoms with Crippen molar-refractivity contribution in [3.63, 3.8) is 0 Å². The summed E-state index contributed by atoms with van der Waals surface area (Å²) < 4.78 is 5.63. The van der Waals surface area contributed by atoms with E-state index in [1.807, 2.05) is 0 Å². The fourth-order valence-electron chi connectivity index (χ4n) is 5.22. The Hall–Kier alpha value is -2.91. The van der Waals surface area contributed by atoms with E-state index < -0.39 is 5.91 Å². The van der Waals surface area contributed by atoms with Crippen LogP contribution < -0.4 is 26.4 Å². The molecule has 9 nitrogen and oxygen atoms in total. The molecule has 1 aromatic carbocycles. The van der Waals surface area contributed by atoms with E-state index in [9.17, 15) is 4.79 Å². The molecule has 170 valence electrons. The monoisotopic (exact) mass is 437 g/mol. The fraction of sp³-hybridized carbons (Fsp3) is 0.522. The third kappa shape index (κ3) is 4.22. The maximum absolute atomic E-state index is 12.0. The van der Waals surface area contributed by atoms with Crippen molar-refractivity contribution in [3.05, 3.63) is 35.0 Å². The van der Waals surface area contributed by atoms with Crippen LogP contribution in [0.15, 0.2) is 18.3 Å². The maximum Gasteiger partial charge on any atom is 0.254 e. The number of aromatic nitrogens is 2. The summed E-state index contributed by atoms with van der Waals surface area (Å²) in [6.07, 6.45) is 6.92. The van der Waals surface area contributed by atoms with Gasteiger partial charge in [-0.15, -0.1) is 0 Å². The molecule has 0 spiro atoms. The van der Waals surface area contributed by atoms with E-state index in [1.165, 1.54) is 30.2 Å². The van der Waals surface area contributed by atoms with Gasteiger partial charge in [0, 0.05) is 37.4 Å². The summed E-state index contributed by atoms with van der Waals surface area (Å²) in [5.41, 5.74) is 9.29. The molecule has 4 heterocycles. The number of anilines is 3. The number of benzene rings is 1. The first kappa shape index (κ1) is 21.0. The molecule has 5 N–H and O–H groups in total. The number of nitrogens with one attached hydrogen (secondary N) is 3. The molecule has 0 aliphatic carbocycles. The summed E-state index contributed by atoms with van der Waals surface area (Å²) in [4.78, 5) is 23.3. The summed E-state index contributed by atoms with van der Waals surface area (Å²) in [5.74, 6) is 1.10. The number of nitrogens with two attached hydrogens (primary N) is 1. The second kappa shape index (κ2) is 8.55. The summed E-state index contributed by atoms with van der Waals surface area (Å²) in [6, 6.07) is 5.50. The zero-order chi connectivity index (χ0) is 22.2. The minimum absolute atomic E-state index is 0.253. The first-order valence-corrected chi connectivity index (χ1v) is 11.3. The van der Waals surface area contributed by atoms with E-state index in [-0.39, 0.29) is 6.04 Å². The molecule has 2 saturated heterocycles. The number of nitrogens with zero attached hydrogens (tertiary/aromatic N) is 3. The second-order valence-electron chi connectivity index (χ2n) is 9.20. The van der Waals surface area contributed by atoms with E-state index >= 15 is 0 Å². The largest absolute Gasteiger partial charge is 0.495 e. The van der Waals surface area contributed by atoms with Gasteiger partial charge in [0.2, 0.25) is 5.95 Å². The predicted octanol–water partition coefficient (Wildman–Crippen LogP) is 2.01. The number of ether oxygens (including phenoxy) is 1. The number of rotatable bonds is 6. The Morgan fingerprint density at radius 1 is 1.25 bits per heavy atom. The highest BCUT2D eigenvalue weighted by Crippen LogP contribution is 2.34. The van der Waals surface area contributed by atoms with Gasteiger partial charge in [-0.2, -0.15) is 4.98 Å². The van der Waals surface area contributed by atoms with Crippen LogP contribution in [0.5, 0.6) is 5.75 Å². The zero-order valence-corrected chi connectivity index (χ0v) is 18.6. The molecule has 2 fully saturated rings. The maximum atomic E-state index is 12.0. The van der Waals surface area contributed by atoms with Crippen molar-refractivity contribution in [3.8, 4) is 5.75 Å². The van der Waals surface area contributed by atoms with E-state index in [1.54, 1.807) is 7.11 Å². The zero-order valence-electron chi connectivity index (χ0n) is 18.6. The van der Waals surface area contributed by atoms with Gasteiger partial charge < -0.3 is 31.3 Å². The number of likely N-dealkylation sites (N-methyl/N-ethyl adjacent to an activating group) is 1. The van der Waals surface area contributed by atoms with Crippen molar-refractivity contribution in [2.75, 3.05) is 31.3 Å². The minimum atomic E-state index is -0.537. The number of hydrogen-bond acceptors (Lipinski definition) is 8. The van der Waals surface area contributed by atoms with Gasteiger partial charge in [-0.3, -0.25) is 4.79 Å². The van der Waals surface area contributed by atoms with Crippen LogP contribution in [0.3, 0.4) is 0 Å². The third-order valence-electron chi connectivity index (χ3n) is 6.84. The molecular weight excluding hydrogens is 406 g/mol. The Labute approximate surface area is 188 Å². The summed E-state index contributed by atoms with van der Waals surface area (Å²) in [7, 11) is 3.79. The number of hydrogen-bond donors (Lipinski definition) is 4. The summed E-state index contributed by atoms with van der Waals surface area (Å²) in [6.45, 7) is 1.92. The quantitative estimate of drug-likeness (QED) is 0.542. The van der Waals surface area contributed by atoms with E-state index in [0.717, 1.165) is 43.8 Å². The summed E-state index contributed by atoms with van der Waals surface area (Å²) >= 11 is 0. The first-order chi connectivity index (χ1) is 15.5. The number of primary amides is 1. The molecule has 1 amide bonds. The lowest BCUT2D eigenvalue weighted by molar-refractivity contribution is 0.100. The van der Waals surface area contributed by atoms with Crippen LogP contribution in [0.25, 0.3) is 0 Å². The number of carbonyl (C=O) groups excluding carboxylic acids is 1. The van der Waals surface area contributed by atoms with Gasteiger partial charge in [0.25, 0.3) is 5.91 Å². The standard InChI is InChI=1S/C23H31N7O2/c1-30-6-5-13-8-20(32-2)19(7-14(13)12-30)28-23-25-11-18(21(24)31)22(29-23)27-17-9-15-3-4-16(10-17)26-15/h7-8,11,15-17,26H,3-6,9-10,12H2,1-2H3,(H2,24,31)(H2,25,27,28,29). The first-order valence-electron chi connectivity index (χ1n) is 11.3. The highest BCUT2D eigenvalue weighted by atomic mass is 16.5. The number of piperidine rings is 1. The molecule has 9 heteroatoms. The van der Waals surface area contributed by atoms with Crippen LogP contribution in [0, 0.1) is 0 Å². The number of methoxy groups -OCH3 is 1. The lowest BCUT2D eigenvalue weighted by Crippen LogP contribution is -2.43. The SMILES string of the molecule is COc1cc2c(cc1Nc1ncc(C(N)=O)c(NC3CC4CCC(C3)N4)n1)CN(C)CC2. The Balaban J connectivity index is 1.41. The van der Waals surface area contributed by atoms with Crippen molar-refractivity contribution in [1.82, 2.24) is 20.2 Å². The van der Waals surface area contributed by atoms with Gasteiger partial charge in [0.1, 0.15) is 11.6 Å². The average molecular weight is 438 g/mol. The molecule has 1 aromatic heterocycles. The smallest absolute Gasteiger partial charge is 0.254 e.